The highest BCUT2D eigenvalue weighted by Crippen LogP contribution is 2.40. The van der Waals surface area contributed by atoms with Crippen LogP contribution in [0.5, 0.6) is 5.75 Å². The Labute approximate surface area is 202 Å². The predicted octanol–water partition coefficient (Wildman–Crippen LogP) is 4.35. The average molecular weight is 478 g/mol. The Kier molecular flexibility index (Phi) is 6.28. The number of hydrogen-bond donors (Lipinski definition) is 0. The van der Waals surface area contributed by atoms with Gasteiger partial charge in [-0.3, -0.25) is 0 Å². The van der Waals surface area contributed by atoms with Gasteiger partial charge in [0.2, 0.25) is 5.79 Å². The largest absolute Gasteiger partial charge is 0.491 e. The van der Waals surface area contributed by atoms with Gasteiger partial charge in [0.05, 0.1) is 12.3 Å². The van der Waals surface area contributed by atoms with Crippen LogP contribution in [0.3, 0.4) is 0 Å². The van der Waals surface area contributed by atoms with Crippen LogP contribution in [0.1, 0.15) is 17.0 Å². The second kappa shape index (κ2) is 9.50. The van der Waals surface area contributed by atoms with Gasteiger partial charge >= 0.3 is 0 Å². The summed E-state index contributed by atoms with van der Waals surface area (Å²) in [5.41, 5.74) is 3.68. The van der Waals surface area contributed by atoms with Gasteiger partial charge in [-0.25, -0.2) is 19.6 Å². The minimum absolute atomic E-state index is 0.287. The molecule has 1 aliphatic rings. The van der Waals surface area contributed by atoms with Crippen LogP contribution in [0.2, 0.25) is 5.02 Å². The Morgan fingerprint density at radius 2 is 2.00 bits per heavy atom. The summed E-state index contributed by atoms with van der Waals surface area (Å²) in [6.45, 7) is 4.87. The SMILES string of the molecule is Cc1ccc(C2(Cn3cncn3)OCC(COc3ccc(-c4ccnc(C)n4)cc3)O2)c(Cl)c1. The molecule has 2 atom stereocenters. The molecule has 0 aliphatic carbocycles. The van der Waals surface area contributed by atoms with E-state index < -0.39 is 5.79 Å². The van der Waals surface area contributed by atoms with E-state index in [2.05, 4.69) is 20.1 Å². The van der Waals surface area contributed by atoms with E-state index in [0.29, 0.717) is 24.8 Å². The Morgan fingerprint density at radius 3 is 2.74 bits per heavy atom. The quantitative estimate of drug-likeness (QED) is 0.391. The van der Waals surface area contributed by atoms with E-state index in [1.807, 2.05) is 62.4 Å². The number of ether oxygens (including phenoxy) is 3. The van der Waals surface area contributed by atoms with Crippen LogP contribution < -0.4 is 4.74 Å². The molecule has 4 aromatic rings. The minimum atomic E-state index is -1.08. The van der Waals surface area contributed by atoms with Crippen molar-refractivity contribution in [3.8, 4) is 17.0 Å². The topological polar surface area (TPSA) is 84.2 Å². The van der Waals surface area contributed by atoms with Crippen molar-refractivity contribution in [1.82, 2.24) is 24.7 Å². The molecule has 0 saturated carbocycles. The highest BCUT2D eigenvalue weighted by Gasteiger charge is 2.45. The van der Waals surface area contributed by atoms with Crippen LogP contribution in [0.4, 0.5) is 0 Å². The number of benzene rings is 2. The number of rotatable bonds is 7. The first-order valence-electron chi connectivity index (χ1n) is 10.9. The van der Waals surface area contributed by atoms with Crippen molar-refractivity contribution in [2.24, 2.45) is 0 Å². The summed E-state index contributed by atoms with van der Waals surface area (Å²) in [4.78, 5) is 12.6. The van der Waals surface area contributed by atoms with E-state index in [-0.39, 0.29) is 6.10 Å². The lowest BCUT2D eigenvalue weighted by molar-refractivity contribution is -0.190. The number of aryl methyl sites for hydroxylation is 2. The van der Waals surface area contributed by atoms with E-state index in [0.717, 1.165) is 34.0 Å². The van der Waals surface area contributed by atoms with Crippen molar-refractivity contribution in [3.63, 3.8) is 0 Å². The van der Waals surface area contributed by atoms with Gasteiger partial charge in [-0.1, -0.05) is 23.7 Å². The first-order valence-corrected chi connectivity index (χ1v) is 11.3. The predicted molar refractivity (Wildman–Crippen MR) is 126 cm³/mol. The second-order valence-electron chi connectivity index (χ2n) is 8.20. The molecule has 0 amide bonds. The summed E-state index contributed by atoms with van der Waals surface area (Å²) in [7, 11) is 0. The molecule has 8 nitrogen and oxygen atoms in total. The van der Waals surface area contributed by atoms with Gasteiger partial charge in [-0.15, -0.1) is 0 Å². The van der Waals surface area contributed by atoms with E-state index in [9.17, 15) is 0 Å². The van der Waals surface area contributed by atoms with Crippen LogP contribution in [0, 0.1) is 13.8 Å². The fourth-order valence-electron chi connectivity index (χ4n) is 3.94. The molecule has 3 heterocycles. The van der Waals surface area contributed by atoms with Crippen molar-refractivity contribution in [3.05, 3.63) is 89.4 Å². The molecule has 1 saturated heterocycles. The van der Waals surface area contributed by atoms with Crippen LogP contribution in [-0.2, 0) is 21.8 Å². The van der Waals surface area contributed by atoms with Gasteiger partial charge in [0.15, 0.2) is 0 Å². The molecule has 0 radical (unpaired) electrons. The Morgan fingerprint density at radius 1 is 1.15 bits per heavy atom. The standard InChI is InChI=1S/C25H24ClN5O3/c1-17-3-8-22(23(26)11-17)25(14-31-16-27-15-29-31)33-13-21(34-25)12-32-20-6-4-19(5-7-20)24-9-10-28-18(2)30-24/h3-11,15-16,21H,12-14H2,1-2H3. The van der Waals surface area contributed by atoms with Gasteiger partial charge in [-0.05, 0) is 55.8 Å². The average Bonchev–Trinajstić information content (AvgIpc) is 3.49. The summed E-state index contributed by atoms with van der Waals surface area (Å²) >= 11 is 6.59. The Balaban J connectivity index is 1.29. The molecule has 2 aromatic carbocycles. The molecule has 5 rings (SSSR count). The van der Waals surface area contributed by atoms with E-state index >= 15 is 0 Å². The molecule has 9 heteroatoms. The van der Waals surface area contributed by atoms with Crippen molar-refractivity contribution >= 4 is 11.6 Å². The lowest BCUT2D eigenvalue weighted by Gasteiger charge is -2.29. The smallest absolute Gasteiger partial charge is 0.217 e. The third-order valence-electron chi connectivity index (χ3n) is 5.59. The zero-order valence-electron chi connectivity index (χ0n) is 18.9. The maximum Gasteiger partial charge on any atom is 0.217 e. The van der Waals surface area contributed by atoms with E-state index in [1.54, 1.807) is 17.2 Å². The molecule has 2 unspecified atom stereocenters. The molecule has 174 valence electrons. The molecule has 0 spiro atoms. The zero-order chi connectivity index (χ0) is 23.5. The first-order chi connectivity index (χ1) is 16.5. The van der Waals surface area contributed by atoms with Crippen LogP contribution >= 0.6 is 11.6 Å². The maximum atomic E-state index is 6.59. The molecule has 34 heavy (non-hydrogen) atoms. The third-order valence-corrected chi connectivity index (χ3v) is 5.91. The fraction of sp³-hybridized carbons (Fsp3) is 0.280. The molecular weight excluding hydrogens is 454 g/mol. The molecule has 1 fully saturated rings. The normalized spacial score (nSPS) is 19.9. The fourth-order valence-corrected chi connectivity index (χ4v) is 4.32. The van der Waals surface area contributed by atoms with Crippen molar-refractivity contribution in [1.29, 1.82) is 0 Å². The lowest BCUT2D eigenvalue weighted by Crippen LogP contribution is -2.35. The lowest BCUT2D eigenvalue weighted by atomic mass is 10.0. The summed E-state index contributed by atoms with van der Waals surface area (Å²) in [6, 6.07) is 15.5. The summed E-state index contributed by atoms with van der Waals surface area (Å²) in [6.07, 6.45) is 4.57. The van der Waals surface area contributed by atoms with Crippen molar-refractivity contribution in [2.45, 2.75) is 32.3 Å². The van der Waals surface area contributed by atoms with E-state index in [1.165, 1.54) is 6.33 Å². The summed E-state index contributed by atoms with van der Waals surface area (Å²) < 4.78 is 20.3. The second-order valence-corrected chi connectivity index (χ2v) is 8.61. The van der Waals surface area contributed by atoms with Crippen LogP contribution in [0.25, 0.3) is 11.3 Å². The third kappa shape index (κ3) is 4.79. The van der Waals surface area contributed by atoms with Gasteiger partial charge in [0, 0.05) is 22.3 Å². The Hall–Kier alpha value is -3.33. The molecule has 0 N–H and O–H groups in total. The number of halogens is 1. The van der Waals surface area contributed by atoms with Gasteiger partial charge < -0.3 is 14.2 Å². The first kappa shape index (κ1) is 22.5. The zero-order valence-corrected chi connectivity index (χ0v) is 19.6. The van der Waals surface area contributed by atoms with Crippen molar-refractivity contribution < 1.29 is 14.2 Å². The molecule has 2 aromatic heterocycles. The maximum absolute atomic E-state index is 6.59. The number of nitrogens with zero attached hydrogens (tertiary/aromatic N) is 5. The number of hydrogen-bond acceptors (Lipinski definition) is 7. The van der Waals surface area contributed by atoms with Crippen LogP contribution in [-0.4, -0.2) is 44.1 Å². The molecule has 1 aliphatic heterocycles. The van der Waals surface area contributed by atoms with Gasteiger partial charge in [-0.2, -0.15) is 5.10 Å². The van der Waals surface area contributed by atoms with Crippen molar-refractivity contribution in [2.75, 3.05) is 13.2 Å². The van der Waals surface area contributed by atoms with E-state index in [4.69, 9.17) is 25.8 Å². The molecular formula is C25H24ClN5O3. The minimum Gasteiger partial charge on any atom is -0.491 e. The number of aromatic nitrogens is 5. The summed E-state index contributed by atoms with van der Waals surface area (Å²) in [5.74, 6) is 0.390. The van der Waals surface area contributed by atoms with Crippen LogP contribution in [0.15, 0.2) is 67.4 Å². The van der Waals surface area contributed by atoms with Gasteiger partial charge in [0.1, 0.15) is 43.5 Å². The van der Waals surface area contributed by atoms with Gasteiger partial charge in [0.25, 0.3) is 0 Å². The highest BCUT2D eigenvalue weighted by atomic mass is 35.5. The monoisotopic (exact) mass is 477 g/mol. The highest BCUT2D eigenvalue weighted by molar-refractivity contribution is 6.31. The Bertz CT molecular complexity index is 1270. The molecule has 0 bridgehead atoms. The summed E-state index contributed by atoms with van der Waals surface area (Å²) in [5, 5.41) is 4.80.